The van der Waals surface area contributed by atoms with Crippen molar-refractivity contribution in [3.63, 3.8) is 0 Å². The van der Waals surface area contributed by atoms with Crippen LogP contribution in [0.3, 0.4) is 0 Å². The van der Waals surface area contributed by atoms with Gasteiger partial charge in [0, 0.05) is 13.6 Å². The summed E-state index contributed by atoms with van der Waals surface area (Å²) < 4.78 is 5.77. The molecule has 120 valence electrons. The highest BCUT2D eigenvalue weighted by molar-refractivity contribution is 7.19. The second-order valence-electron chi connectivity index (χ2n) is 5.24. The number of anilines is 2. The quantitative estimate of drug-likeness (QED) is 0.610. The van der Waals surface area contributed by atoms with Crippen molar-refractivity contribution in [3.8, 4) is 5.75 Å². The third-order valence-corrected chi connectivity index (χ3v) is 4.15. The number of rotatable bonds is 9. The first-order chi connectivity index (χ1) is 10.0. The van der Waals surface area contributed by atoms with Crippen molar-refractivity contribution < 1.29 is 9.53 Å². The lowest BCUT2D eigenvalue weighted by Crippen LogP contribution is -2.17. The molecule has 1 aromatic rings. The first-order valence-electron chi connectivity index (χ1n) is 7.56. The number of ether oxygens (including phenoxy) is 1. The zero-order chi connectivity index (χ0) is 15.8. The van der Waals surface area contributed by atoms with E-state index in [1.165, 1.54) is 30.6 Å². The standard InChI is InChI=1S/C15H27N3O2S/c1-5-6-7-8-9-18-15-12(20-10(2)3)11(16)13(21-15)14(19)17-4/h10,18H,5-9,16H2,1-4H3,(H,17,19). The van der Waals surface area contributed by atoms with Gasteiger partial charge in [0.25, 0.3) is 5.91 Å². The van der Waals surface area contributed by atoms with E-state index in [1.54, 1.807) is 7.05 Å². The SMILES string of the molecule is CCCCCCNc1sc(C(=O)NC)c(N)c1OC(C)C. The van der Waals surface area contributed by atoms with Crippen LogP contribution in [-0.4, -0.2) is 25.6 Å². The molecule has 0 bridgehead atoms. The Bertz CT molecular complexity index is 458. The normalized spacial score (nSPS) is 10.7. The van der Waals surface area contributed by atoms with E-state index in [2.05, 4.69) is 17.6 Å². The molecule has 1 aromatic heterocycles. The zero-order valence-corrected chi connectivity index (χ0v) is 14.2. The van der Waals surface area contributed by atoms with Crippen LogP contribution in [-0.2, 0) is 0 Å². The van der Waals surface area contributed by atoms with Crippen LogP contribution in [0.1, 0.15) is 56.1 Å². The lowest BCUT2D eigenvalue weighted by atomic mass is 10.2. The van der Waals surface area contributed by atoms with Gasteiger partial charge in [0.15, 0.2) is 5.75 Å². The maximum atomic E-state index is 11.8. The van der Waals surface area contributed by atoms with Crippen LogP contribution in [0.15, 0.2) is 0 Å². The van der Waals surface area contributed by atoms with Gasteiger partial charge in [-0.3, -0.25) is 4.79 Å². The maximum Gasteiger partial charge on any atom is 0.263 e. The average Bonchev–Trinajstić information content (AvgIpc) is 2.75. The Morgan fingerprint density at radius 2 is 2.05 bits per heavy atom. The summed E-state index contributed by atoms with van der Waals surface area (Å²) in [7, 11) is 1.60. The molecule has 0 fully saturated rings. The molecule has 21 heavy (non-hydrogen) atoms. The number of hydrogen-bond donors (Lipinski definition) is 3. The first-order valence-corrected chi connectivity index (χ1v) is 8.37. The summed E-state index contributed by atoms with van der Waals surface area (Å²) in [5, 5.41) is 6.80. The number of carbonyl (C=O) groups is 1. The van der Waals surface area contributed by atoms with Crippen LogP contribution in [0.5, 0.6) is 5.75 Å². The average molecular weight is 313 g/mol. The Hall–Kier alpha value is -1.43. The van der Waals surface area contributed by atoms with E-state index < -0.39 is 0 Å². The number of nitrogen functional groups attached to an aromatic ring is 1. The van der Waals surface area contributed by atoms with Gasteiger partial charge < -0.3 is 21.1 Å². The molecule has 0 radical (unpaired) electrons. The number of carbonyl (C=O) groups excluding carboxylic acids is 1. The summed E-state index contributed by atoms with van der Waals surface area (Å²) in [5.41, 5.74) is 6.49. The number of nitrogens with one attached hydrogen (secondary N) is 2. The Balaban J connectivity index is 2.81. The fraction of sp³-hybridized carbons (Fsp3) is 0.667. The molecule has 0 saturated heterocycles. The van der Waals surface area contributed by atoms with Gasteiger partial charge >= 0.3 is 0 Å². The van der Waals surface area contributed by atoms with Crippen LogP contribution < -0.4 is 21.1 Å². The second-order valence-corrected chi connectivity index (χ2v) is 6.26. The maximum absolute atomic E-state index is 11.8. The summed E-state index contributed by atoms with van der Waals surface area (Å²) in [4.78, 5) is 12.3. The minimum absolute atomic E-state index is 0.0140. The van der Waals surface area contributed by atoms with Gasteiger partial charge in [0.2, 0.25) is 0 Å². The highest BCUT2D eigenvalue weighted by Crippen LogP contribution is 2.43. The van der Waals surface area contributed by atoms with E-state index in [4.69, 9.17) is 10.5 Å². The van der Waals surface area contributed by atoms with Crippen LogP contribution in [0.25, 0.3) is 0 Å². The zero-order valence-electron chi connectivity index (χ0n) is 13.4. The Morgan fingerprint density at radius 1 is 1.33 bits per heavy atom. The molecule has 6 heteroatoms. The Labute approximate surface area is 131 Å². The third kappa shape index (κ3) is 5.12. The fourth-order valence-corrected chi connectivity index (χ4v) is 2.96. The van der Waals surface area contributed by atoms with E-state index in [1.807, 2.05) is 13.8 Å². The van der Waals surface area contributed by atoms with E-state index in [-0.39, 0.29) is 12.0 Å². The highest BCUT2D eigenvalue weighted by atomic mass is 32.1. The van der Waals surface area contributed by atoms with Crippen molar-refractivity contribution in [2.24, 2.45) is 0 Å². The van der Waals surface area contributed by atoms with Crippen LogP contribution in [0.4, 0.5) is 10.7 Å². The Morgan fingerprint density at radius 3 is 2.62 bits per heavy atom. The van der Waals surface area contributed by atoms with Gasteiger partial charge in [0.1, 0.15) is 15.6 Å². The topological polar surface area (TPSA) is 76.4 Å². The molecule has 1 heterocycles. The number of hydrogen-bond acceptors (Lipinski definition) is 5. The summed E-state index contributed by atoms with van der Waals surface area (Å²) in [5.74, 6) is 0.425. The summed E-state index contributed by atoms with van der Waals surface area (Å²) in [6, 6.07) is 0. The minimum Gasteiger partial charge on any atom is -0.486 e. The molecular weight excluding hydrogens is 286 g/mol. The highest BCUT2D eigenvalue weighted by Gasteiger charge is 2.22. The van der Waals surface area contributed by atoms with Gasteiger partial charge in [0.05, 0.1) is 6.10 Å². The van der Waals surface area contributed by atoms with Crippen molar-refractivity contribution in [3.05, 3.63) is 4.88 Å². The molecule has 4 N–H and O–H groups in total. The van der Waals surface area contributed by atoms with Crippen molar-refractivity contribution >= 4 is 27.9 Å². The van der Waals surface area contributed by atoms with Crippen molar-refractivity contribution in [1.29, 1.82) is 0 Å². The first kappa shape index (κ1) is 17.6. The van der Waals surface area contributed by atoms with Crippen molar-refractivity contribution in [2.75, 3.05) is 24.6 Å². The summed E-state index contributed by atoms with van der Waals surface area (Å²) >= 11 is 1.35. The monoisotopic (exact) mass is 313 g/mol. The van der Waals surface area contributed by atoms with Crippen LogP contribution in [0.2, 0.25) is 0 Å². The summed E-state index contributed by atoms with van der Waals surface area (Å²) in [6.07, 6.45) is 4.77. The Kier molecular flexibility index (Phi) is 7.36. The molecular formula is C15H27N3O2S. The smallest absolute Gasteiger partial charge is 0.263 e. The number of unbranched alkanes of at least 4 members (excludes halogenated alkanes) is 3. The molecule has 0 saturated carbocycles. The largest absolute Gasteiger partial charge is 0.486 e. The van der Waals surface area contributed by atoms with Gasteiger partial charge in [-0.05, 0) is 20.3 Å². The lowest BCUT2D eigenvalue weighted by Gasteiger charge is -2.12. The lowest BCUT2D eigenvalue weighted by molar-refractivity contribution is 0.0967. The van der Waals surface area contributed by atoms with Crippen LogP contribution >= 0.6 is 11.3 Å². The van der Waals surface area contributed by atoms with Crippen LogP contribution in [0, 0.1) is 0 Å². The summed E-state index contributed by atoms with van der Waals surface area (Å²) in [6.45, 7) is 6.95. The van der Waals surface area contributed by atoms with E-state index in [0.29, 0.717) is 16.3 Å². The molecule has 1 rings (SSSR count). The van der Waals surface area contributed by atoms with Gasteiger partial charge in [-0.1, -0.05) is 26.2 Å². The second kappa shape index (κ2) is 8.77. The molecule has 0 spiro atoms. The predicted molar refractivity (Wildman–Crippen MR) is 90.5 cm³/mol. The number of thiophene rings is 1. The minimum atomic E-state index is -0.176. The third-order valence-electron chi connectivity index (χ3n) is 3.00. The molecule has 0 atom stereocenters. The molecule has 0 aromatic carbocycles. The van der Waals surface area contributed by atoms with Gasteiger partial charge in [-0.15, -0.1) is 11.3 Å². The van der Waals surface area contributed by atoms with E-state index in [0.717, 1.165) is 18.0 Å². The number of nitrogens with two attached hydrogens (primary N) is 1. The van der Waals surface area contributed by atoms with Gasteiger partial charge in [-0.25, -0.2) is 0 Å². The molecule has 0 aliphatic carbocycles. The fourth-order valence-electron chi connectivity index (χ4n) is 1.93. The molecule has 0 unspecified atom stereocenters. The predicted octanol–water partition coefficient (Wildman–Crippen LogP) is 3.47. The van der Waals surface area contributed by atoms with E-state index >= 15 is 0 Å². The molecule has 5 nitrogen and oxygen atoms in total. The van der Waals surface area contributed by atoms with Crippen molar-refractivity contribution in [2.45, 2.75) is 52.6 Å². The van der Waals surface area contributed by atoms with E-state index in [9.17, 15) is 4.79 Å². The van der Waals surface area contributed by atoms with Crippen molar-refractivity contribution in [1.82, 2.24) is 5.32 Å². The molecule has 1 amide bonds. The molecule has 0 aliphatic rings. The molecule has 0 aliphatic heterocycles. The van der Waals surface area contributed by atoms with Gasteiger partial charge in [-0.2, -0.15) is 0 Å². The number of amides is 1.